The first-order chi connectivity index (χ1) is 13.3. The summed E-state index contributed by atoms with van der Waals surface area (Å²) < 4.78 is 6.14. The van der Waals surface area contributed by atoms with Crippen molar-refractivity contribution in [2.75, 3.05) is 32.8 Å². The molecule has 144 valence electrons. The molecular weight excluding hydrogens is 356 g/mol. The molecule has 0 unspecified atom stereocenters. The molecule has 5 heteroatoms. The maximum atomic E-state index is 12.6. The van der Waals surface area contributed by atoms with Crippen molar-refractivity contribution in [1.29, 1.82) is 0 Å². The Morgan fingerprint density at radius 1 is 1.07 bits per heavy atom. The van der Waals surface area contributed by atoms with E-state index in [1.807, 2.05) is 22.4 Å². The summed E-state index contributed by atoms with van der Waals surface area (Å²) in [4.78, 5) is 17.9. The van der Waals surface area contributed by atoms with E-state index >= 15 is 0 Å². The SMILES string of the molecule is O=C(c1cccs1)N1CCc2c(cccc2OCCCN2CCCCC2)C1. The number of fused-ring (bicyclic) bond motifs is 1. The maximum absolute atomic E-state index is 12.6. The number of piperidine rings is 1. The second kappa shape index (κ2) is 8.89. The van der Waals surface area contributed by atoms with E-state index in [9.17, 15) is 4.79 Å². The van der Waals surface area contributed by atoms with Crippen molar-refractivity contribution in [2.24, 2.45) is 0 Å². The number of hydrogen-bond donors (Lipinski definition) is 0. The highest BCUT2D eigenvalue weighted by atomic mass is 32.1. The highest BCUT2D eigenvalue weighted by Gasteiger charge is 2.24. The van der Waals surface area contributed by atoms with E-state index in [0.717, 1.165) is 43.2 Å². The molecular formula is C22H28N2O2S. The van der Waals surface area contributed by atoms with Gasteiger partial charge in [-0.25, -0.2) is 0 Å². The van der Waals surface area contributed by atoms with Gasteiger partial charge in [0.25, 0.3) is 5.91 Å². The first-order valence-corrected chi connectivity index (χ1v) is 11.0. The Balaban J connectivity index is 1.32. The first kappa shape index (κ1) is 18.5. The molecule has 1 fully saturated rings. The molecule has 1 aromatic carbocycles. The van der Waals surface area contributed by atoms with Crippen LogP contribution in [0, 0.1) is 0 Å². The number of amides is 1. The molecule has 2 aliphatic rings. The first-order valence-electron chi connectivity index (χ1n) is 10.1. The van der Waals surface area contributed by atoms with Gasteiger partial charge in [-0.3, -0.25) is 4.79 Å². The van der Waals surface area contributed by atoms with Gasteiger partial charge >= 0.3 is 0 Å². The van der Waals surface area contributed by atoms with Crippen LogP contribution in [-0.4, -0.2) is 48.5 Å². The summed E-state index contributed by atoms with van der Waals surface area (Å²) in [6.45, 7) is 5.83. The number of likely N-dealkylation sites (tertiary alicyclic amines) is 1. The molecule has 1 saturated heterocycles. The Bertz CT molecular complexity index is 754. The van der Waals surface area contributed by atoms with Crippen LogP contribution < -0.4 is 4.74 Å². The minimum absolute atomic E-state index is 0.142. The molecule has 2 aliphatic heterocycles. The van der Waals surface area contributed by atoms with Gasteiger partial charge in [0.05, 0.1) is 11.5 Å². The number of thiophene rings is 1. The standard InChI is InChI=1S/C22H28N2O2S/c25-22(21-9-5-16-27-21)24-14-10-19-18(17-24)7-4-8-20(19)26-15-6-13-23-11-2-1-3-12-23/h4-5,7-9,16H,1-3,6,10-15,17H2. The summed E-state index contributed by atoms with van der Waals surface area (Å²) in [5.41, 5.74) is 2.50. The molecule has 2 aromatic rings. The lowest BCUT2D eigenvalue weighted by Gasteiger charge is -2.30. The van der Waals surface area contributed by atoms with E-state index in [-0.39, 0.29) is 5.91 Å². The summed E-state index contributed by atoms with van der Waals surface area (Å²) in [5, 5.41) is 1.96. The Kier molecular flexibility index (Phi) is 6.10. The summed E-state index contributed by atoms with van der Waals surface area (Å²) in [7, 11) is 0. The van der Waals surface area contributed by atoms with Gasteiger partial charge in [-0.1, -0.05) is 24.6 Å². The Hall–Kier alpha value is -1.85. The van der Waals surface area contributed by atoms with Crippen molar-refractivity contribution in [3.8, 4) is 5.75 Å². The molecule has 0 aliphatic carbocycles. The fourth-order valence-electron chi connectivity index (χ4n) is 4.09. The number of carbonyl (C=O) groups is 1. The second-order valence-electron chi connectivity index (χ2n) is 7.45. The quantitative estimate of drug-likeness (QED) is 0.700. The van der Waals surface area contributed by atoms with Crippen LogP contribution in [0.15, 0.2) is 35.7 Å². The lowest BCUT2D eigenvalue weighted by molar-refractivity contribution is 0.0738. The van der Waals surface area contributed by atoms with Gasteiger partial charge in [-0.05, 0) is 61.8 Å². The van der Waals surface area contributed by atoms with E-state index in [1.165, 1.54) is 54.8 Å². The lowest BCUT2D eigenvalue weighted by atomic mass is 9.98. The molecule has 27 heavy (non-hydrogen) atoms. The maximum Gasteiger partial charge on any atom is 0.264 e. The third kappa shape index (κ3) is 4.53. The van der Waals surface area contributed by atoms with Crippen LogP contribution in [-0.2, 0) is 13.0 Å². The number of nitrogens with zero attached hydrogens (tertiary/aromatic N) is 2. The predicted octanol–water partition coefficient (Wildman–Crippen LogP) is 4.20. The van der Waals surface area contributed by atoms with Crippen LogP contribution in [0.25, 0.3) is 0 Å². The van der Waals surface area contributed by atoms with Crippen LogP contribution in [0.1, 0.15) is 46.5 Å². The van der Waals surface area contributed by atoms with Gasteiger partial charge in [0.2, 0.25) is 0 Å². The van der Waals surface area contributed by atoms with Crippen molar-refractivity contribution < 1.29 is 9.53 Å². The molecule has 4 rings (SSSR count). The lowest BCUT2D eigenvalue weighted by Crippen LogP contribution is -2.35. The van der Waals surface area contributed by atoms with Crippen LogP contribution in [0.3, 0.4) is 0 Å². The van der Waals surface area contributed by atoms with E-state index in [4.69, 9.17) is 4.74 Å². The molecule has 0 bridgehead atoms. The average Bonchev–Trinajstić information content (AvgIpc) is 3.26. The largest absolute Gasteiger partial charge is 0.493 e. The highest BCUT2D eigenvalue weighted by Crippen LogP contribution is 2.29. The van der Waals surface area contributed by atoms with Gasteiger partial charge in [-0.15, -0.1) is 11.3 Å². The van der Waals surface area contributed by atoms with Crippen molar-refractivity contribution in [2.45, 2.75) is 38.6 Å². The van der Waals surface area contributed by atoms with E-state index < -0.39 is 0 Å². The highest BCUT2D eigenvalue weighted by molar-refractivity contribution is 7.12. The molecule has 3 heterocycles. The molecule has 0 atom stereocenters. The number of rotatable bonds is 6. The molecule has 1 aromatic heterocycles. The number of ether oxygens (including phenoxy) is 1. The van der Waals surface area contributed by atoms with Crippen molar-refractivity contribution in [3.05, 3.63) is 51.7 Å². The fourth-order valence-corrected chi connectivity index (χ4v) is 4.78. The summed E-state index contributed by atoms with van der Waals surface area (Å²) >= 11 is 1.51. The molecule has 0 radical (unpaired) electrons. The third-order valence-corrected chi connectivity index (χ3v) is 6.42. The Morgan fingerprint density at radius 2 is 1.96 bits per heavy atom. The van der Waals surface area contributed by atoms with E-state index in [0.29, 0.717) is 6.54 Å². The van der Waals surface area contributed by atoms with Gasteiger partial charge in [0.15, 0.2) is 0 Å². The van der Waals surface area contributed by atoms with Crippen molar-refractivity contribution >= 4 is 17.2 Å². The Labute approximate surface area is 165 Å². The zero-order chi connectivity index (χ0) is 18.5. The van der Waals surface area contributed by atoms with Crippen LogP contribution in [0.5, 0.6) is 5.75 Å². The monoisotopic (exact) mass is 384 g/mol. The average molecular weight is 385 g/mol. The summed E-state index contributed by atoms with van der Waals surface area (Å²) in [5.74, 6) is 1.15. The Morgan fingerprint density at radius 3 is 2.78 bits per heavy atom. The van der Waals surface area contributed by atoms with Gasteiger partial charge in [0.1, 0.15) is 5.75 Å². The molecule has 0 saturated carbocycles. The van der Waals surface area contributed by atoms with E-state index in [2.05, 4.69) is 23.1 Å². The topological polar surface area (TPSA) is 32.8 Å². The number of carbonyl (C=O) groups excluding carboxylic acids is 1. The molecule has 4 nitrogen and oxygen atoms in total. The van der Waals surface area contributed by atoms with Crippen molar-refractivity contribution in [1.82, 2.24) is 9.80 Å². The second-order valence-corrected chi connectivity index (χ2v) is 8.40. The fraction of sp³-hybridized carbons (Fsp3) is 0.500. The minimum atomic E-state index is 0.142. The molecule has 0 N–H and O–H groups in total. The predicted molar refractivity (Wildman–Crippen MR) is 110 cm³/mol. The summed E-state index contributed by atoms with van der Waals surface area (Å²) in [6.07, 6.45) is 6.01. The van der Waals surface area contributed by atoms with Gasteiger partial charge < -0.3 is 14.5 Å². The minimum Gasteiger partial charge on any atom is -0.493 e. The number of hydrogen-bond acceptors (Lipinski definition) is 4. The third-order valence-electron chi connectivity index (χ3n) is 5.57. The zero-order valence-corrected chi connectivity index (χ0v) is 16.7. The zero-order valence-electron chi connectivity index (χ0n) is 15.9. The van der Waals surface area contributed by atoms with Crippen molar-refractivity contribution in [3.63, 3.8) is 0 Å². The normalized spacial score (nSPS) is 17.6. The van der Waals surface area contributed by atoms with E-state index in [1.54, 1.807) is 0 Å². The summed E-state index contributed by atoms with van der Waals surface area (Å²) in [6, 6.07) is 10.1. The van der Waals surface area contributed by atoms with Crippen LogP contribution >= 0.6 is 11.3 Å². The van der Waals surface area contributed by atoms with Crippen LogP contribution in [0.2, 0.25) is 0 Å². The van der Waals surface area contributed by atoms with Gasteiger partial charge in [0, 0.05) is 25.2 Å². The molecule has 1 amide bonds. The van der Waals surface area contributed by atoms with Gasteiger partial charge in [-0.2, -0.15) is 0 Å². The molecule has 0 spiro atoms. The number of benzene rings is 1. The smallest absolute Gasteiger partial charge is 0.264 e. The van der Waals surface area contributed by atoms with Crippen LogP contribution in [0.4, 0.5) is 0 Å².